The van der Waals surface area contributed by atoms with Crippen molar-refractivity contribution < 1.29 is 13.9 Å². The second-order valence-corrected chi connectivity index (χ2v) is 6.96. The summed E-state index contributed by atoms with van der Waals surface area (Å²) in [6.45, 7) is 4.67. The Hall–Kier alpha value is -3.09. The minimum absolute atomic E-state index is 0.271. The van der Waals surface area contributed by atoms with Gasteiger partial charge in [0.1, 0.15) is 36.4 Å². The summed E-state index contributed by atoms with van der Waals surface area (Å²) in [6, 6.07) is 6.60. The second kappa shape index (κ2) is 5.70. The van der Waals surface area contributed by atoms with Crippen molar-refractivity contribution in [2.75, 3.05) is 25.2 Å². The van der Waals surface area contributed by atoms with Gasteiger partial charge in [-0.15, -0.1) is 0 Å². The maximum atomic E-state index is 14.0. The fourth-order valence-corrected chi connectivity index (χ4v) is 3.75. The molecule has 2 aromatic heterocycles. The maximum absolute atomic E-state index is 14.0. The van der Waals surface area contributed by atoms with Crippen LogP contribution < -0.4 is 9.64 Å². The van der Waals surface area contributed by atoms with Gasteiger partial charge >= 0.3 is 0 Å². The molecule has 0 amide bonds. The van der Waals surface area contributed by atoms with E-state index in [4.69, 9.17) is 14.5 Å². The van der Waals surface area contributed by atoms with E-state index < -0.39 is 0 Å². The van der Waals surface area contributed by atoms with Gasteiger partial charge in [0.25, 0.3) is 0 Å². The summed E-state index contributed by atoms with van der Waals surface area (Å²) in [6.07, 6.45) is 5.38. The molecule has 3 heterocycles. The van der Waals surface area contributed by atoms with Crippen LogP contribution in [-0.2, 0) is 10.3 Å². The van der Waals surface area contributed by atoms with Gasteiger partial charge in [0.05, 0.1) is 17.3 Å². The molecule has 2 aliphatic rings. The molecule has 7 heteroatoms. The molecule has 1 fully saturated rings. The molecule has 1 aliphatic heterocycles. The van der Waals surface area contributed by atoms with Crippen molar-refractivity contribution in [2.24, 2.45) is 0 Å². The minimum Gasteiger partial charge on any atom is -0.490 e. The number of nitrogens with zero attached hydrogens (tertiary/aromatic N) is 4. The first-order chi connectivity index (χ1) is 13.1. The van der Waals surface area contributed by atoms with Crippen LogP contribution in [0, 0.1) is 5.82 Å². The van der Waals surface area contributed by atoms with Crippen molar-refractivity contribution in [3.05, 3.63) is 60.2 Å². The lowest BCUT2D eigenvalue weighted by Gasteiger charge is -2.31. The summed E-state index contributed by atoms with van der Waals surface area (Å²) in [5, 5.41) is 4.32. The van der Waals surface area contributed by atoms with Crippen LogP contribution >= 0.6 is 0 Å². The van der Waals surface area contributed by atoms with Crippen molar-refractivity contribution in [2.45, 2.75) is 18.4 Å². The molecule has 1 spiro atoms. The zero-order valence-electron chi connectivity index (χ0n) is 15.0. The van der Waals surface area contributed by atoms with E-state index in [9.17, 15) is 4.39 Å². The van der Waals surface area contributed by atoms with Gasteiger partial charge in [-0.1, -0.05) is 6.58 Å². The SMILES string of the molecule is C=C1OCCOc2ccc(F)cc2C2(CC2)N(C)c2ccn3ncc1c3n2. The van der Waals surface area contributed by atoms with E-state index in [1.165, 1.54) is 6.07 Å². The normalized spacial score (nSPS) is 18.3. The first-order valence-corrected chi connectivity index (χ1v) is 8.92. The van der Waals surface area contributed by atoms with Gasteiger partial charge in [-0.05, 0) is 37.1 Å². The number of aromatic nitrogens is 3. The molecule has 0 saturated heterocycles. The molecule has 0 unspecified atom stereocenters. The van der Waals surface area contributed by atoms with Crippen LogP contribution in [-0.4, -0.2) is 34.9 Å². The Kier molecular flexibility index (Phi) is 3.40. The van der Waals surface area contributed by atoms with Gasteiger partial charge < -0.3 is 14.4 Å². The highest BCUT2D eigenvalue weighted by Crippen LogP contribution is 2.54. The van der Waals surface area contributed by atoms with E-state index in [1.54, 1.807) is 22.8 Å². The summed E-state index contributed by atoms with van der Waals surface area (Å²) in [7, 11) is 1.99. The van der Waals surface area contributed by atoms with Crippen LogP contribution in [0.25, 0.3) is 11.4 Å². The van der Waals surface area contributed by atoms with Gasteiger partial charge in [0.15, 0.2) is 5.65 Å². The molecule has 0 N–H and O–H groups in total. The van der Waals surface area contributed by atoms with E-state index >= 15 is 0 Å². The van der Waals surface area contributed by atoms with Crippen LogP contribution in [0.4, 0.5) is 10.2 Å². The first kappa shape index (κ1) is 16.1. The van der Waals surface area contributed by atoms with E-state index in [1.807, 2.05) is 19.3 Å². The van der Waals surface area contributed by atoms with E-state index in [-0.39, 0.29) is 11.4 Å². The van der Waals surface area contributed by atoms with Crippen molar-refractivity contribution in [1.29, 1.82) is 0 Å². The molecular formula is C20H19FN4O2. The average molecular weight is 366 g/mol. The van der Waals surface area contributed by atoms with Crippen LogP contribution in [0.5, 0.6) is 5.75 Å². The fraction of sp³-hybridized carbons (Fsp3) is 0.300. The largest absolute Gasteiger partial charge is 0.490 e. The lowest BCUT2D eigenvalue weighted by molar-refractivity contribution is 0.193. The fourth-order valence-electron chi connectivity index (χ4n) is 3.75. The predicted octanol–water partition coefficient (Wildman–Crippen LogP) is 3.37. The predicted molar refractivity (Wildman–Crippen MR) is 99.2 cm³/mol. The highest BCUT2D eigenvalue weighted by Gasteiger charge is 2.50. The van der Waals surface area contributed by atoms with Crippen LogP contribution in [0.15, 0.2) is 43.2 Å². The molecule has 5 rings (SSSR count). The molecule has 6 nitrogen and oxygen atoms in total. The number of ether oxygens (including phenoxy) is 2. The molecule has 0 radical (unpaired) electrons. The number of halogens is 1. The molecule has 1 saturated carbocycles. The summed E-state index contributed by atoms with van der Waals surface area (Å²) >= 11 is 0. The molecule has 27 heavy (non-hydrogen) atoms. The molecular weight excluding hydrogens is 347 g/mol. The molecule has 3 aromatic rings. The van der Waals surface area contributed by atoms with Gasteiger partial charge in [0.2, 0.25) is 0 Å². The summed E-state index contributed by atoms with van der Waals surface area (Å²) in [4.78, 5) is 6.90. The van der Waals surface area contributed by atoms with Gasteiger partial charge in [-0.25, -0.2) is 13.9 Å². The van der Waals surface area contributed by atoms with Crippen LogP contribution in [0.2, 0.25) is 0 Å². The van der Waals surface area contributed by atoms with E-state index in [2.05, 4.69) is 16.6 Å². The third kappa shape index (κ3) is 2.45. The smallest absolute Gasteiger partial charge is 0.168 e. The van der Waals surface area contributed by atoms with Gasteiger partial charge in [-0.2, -0.15) is 5.10 Å². The quantitative estimate of drug-likeness (QED) is 0.611. The number of hydrogen-bond donors (Lipinski definition) is 0. The van der Waals surface area contributed by atoms with Crippen molar-refractivity contribution in [3.8, 4) is 5.75 Å². The Morgan fingerprint density at radius 2 is 2.00 bits per heavy atom. The zero-order valence-corrected chi connectivity index (χ0v) is 15.0. The number of anilines is 1. The van der Waals surface area contributed by atoms with Gasteiger partial charge in [-0.3, -0.25) is 0 Å². The first-order valence-electron chi connectivity index (χ1n) is 8.92. The molecule has 2 bridgehead atoms. The molecule has 1 aromatic carbocycles. The van der Waals surface area contributed by atoms with Gasteiger partial charge in [0, 0.05) is 18.8 Å². The third-order valence-electron chi connectivity index (χ3n) is 5.42. The zero-order chi connectivity index (χ0) is 18.6. The summed E-state index contributed by atoms with van der Waals surface area (Å²) in [5.41, 5.74) is 1.95. The Morgan fingerprint density at radius 3 is 2.81 bits per heavy atom. The van der Waals surface area contributed by atoms with Crippen molar-refractivity contribution in [1.82, 2.24) is 14.6 Å². The topological polar surface area (TPSA) is 51.9 Å². The Labute approximate surface area is 155 Å². The summed E-state index contributed by atoms with van der Waals surface area (Å²) < 4.78 is 27.4. The van der Waals surface area contributed by atoms with Crippen molar-refractivity contribution >= 4 is 17.2 Å². The number of hydrogen-bond acceptors (Lipinski definition) is 5. The Balaban J connectivity index is 1.69. The highest BCUT2D eigenvalue weighted by atomic mass is 19.1. The number of fused-ring (bicyclic) bond motifs is 3. The lowest BCUT2D eigenvalue weighted by atomic mass is 10.0. The average Bonchev–Trinajstić information content (AvgIpc) is 3.37. The second-order valence-electron chi connectivity index (χ2n) is 6.96. The Bertz CT molecular complexity index is 1060. The van der Waals surface area contributed by atoms with Crippen LogP contribution in [0.3, 0.4) is 0 Å². The lowest BCUT2D eigenvalue weighted by Crippen LogP contribution is -2.33. The van der Waals surface area contributed by atoms with Crippen molar-refractivity contribution in [3.63, 3.8) is 0 Å². The third-order valence-corrected chi connectivity index (χ3v) is 5.42. The monoisotopic (exact) mass is 366 g/mol. The molecule has 1 aliphatic carbocycles. The number of benzene rings is 1. The minimum atomic E-state index is -0.325. The van der Waals surface area contributed by atoms with E-state index in [0.717, 1.165) is 29.8 Å². The molecule has 138 valence electrons. The Morgan fingerprint density at radius 1 is 1.19 bits per heavy atom. The summed E-state index contributed by atoms with van der Waals surface area (Å²) in [5.74, 6) is 1.69. The maximum Gasteiger partial charge on any atom is 0.168 e. The van der Waals surface area contributed by atoms with E-state index in [0.29, 0.717) is 30.4 Å². The van der Waals surface area contributed by atoms with Crippen LogP contribution in [0.1, 0.15) is 24.0 Å². The highest BCUT2D eigenvalue weighted by molar-refractivity contribution is 5.71. The number of rotatable bonds is 0. The molecule has 0 atom stereocenters. The standard InChI is InChI=1S/C20H19FN4O2/c1-13-15-12-22-25-8-5-18(23-19(15)25)24(2)20(6-7-20)16-11-14(21)3-4-17(16)27-10-9-26-13/h3-5,8,11-12H,1,6-7,9-10H2,2H3.